The van der Waals surface area contributed by atoms with Crippen LogP contribution in [0.1, 0.15) is 67.3 Å². The lowest BCUT2D eigenvalue weighted by atomic mass is 9.86. The fraction of sp³-hybridized carbons (Fsp3) is 0.722. The largest absolute Gasteiger partial charge is 0.381 e. The third-order valence-electron chi connectivity index (χ3n) is 5.39. The quantitative estimate of drug-likeness (QED) is 0.869. The molecule has 2 amide bonds. The molecule has 2 saturated heterocycles. The summed E-state index contributed by atoms with van der Waals surface area (Å²) in [5.74, 6) is -0.0715. The van der Waals surface area contributed by atoms with E-state index in [1.807, 2.05) is 32.4 Å². The van der Waals surface area contributed by atoms with Gasteiger partial charge in [-0.2, -0.15) is 5.10 Å². The summed E-state index contributed by atoms with van der Waals surface area (Å²) in [6.45, 7) is 9.20. The van der Waals surface area contributed by atoms with E-state index in [4.69, 9.17) is 4.74 Å². The van der Waals surface area contributed by atoms with Crippen molar-refractivity contribution in [3.8, 4) is 0 Å². The summed E-state index contributed by atoms with van der Waals surface area (Å²) in [5, 5.41) is 10.7. The first-order valence-corrected chi connectivity index (χ1v) is 9.05. The number of aromatic nitrogens is 2. The Kier molecular flexibility index (Phi) is 4.86. The fourth-order valence-electron chi connectivity index (χ4n) is 3.91. The van der Waals surface area contributed by atoms with Gasteiger partial charge in [-0.05, 0) is 47.0 Å². The lowest BCUT2D eigenvalue weighted by molar-refractivity contribution is -0.125. The van der Waals surface area contributed by atoms with Crippen molar-refractivity contribution in [1.29, 1.82) is 0 Å². The van der Waals surface area contributed by atoms with Gasteiger partial charge in [-0.25, -0.2) is 0 Å². The zero-order chi connectivity index (χ0) is 18.2. The average Bonchev–Trinajstić information content (AvgIpc) is 2.85. The Morgan fingerprint density at radius 1 is 1.28 bits per heavy atom. The lowest BCUT2D eigenvalue weighted by Crippen LogP contribution is -2.62. The van der Waals surface area contributed by atoms with Gasteiger partial charge in [0.25, 0.3) is 5.91 Å². The van der Waals surface area contributed by atoms with Gasteiger partial charge in [-0.15, -0.1) is 0 Å². The third kappa shape index (κ3) is 3.56. The van der Waals surface area contributed by atoms with Crippen molar-refractivity contribution in [1.82, 2.24) is 20.4 Å². The van der Waals surface area contributed by atoms with Crippen LogP contribution in [0.3, 0.4) is 0 Å². The molecule has 0 aromatic carbocycles. The Balaban J connectivity index is 1.78. The molecule has 7 nitrogen and oxygen atoms in total. The first kappa shape index (κ1) is 17.9. The van der Waals surface area contributed by atoms with E-state index < -0.39 is 5.54 Å². The number of nitrogens with zero attached hydrogens (tertiary/aromatic N) is 2. The maximum atomic E-state index is 12.9. The number of amides is 2. The summed E-state index contributed by atoms with van der Waals surface area (Å²) in [5.41, 5.74) is 1.85. The molecule has 2 aliphatic rings. The summed E-state index contributed by atoms with van der Waals surface area (Å²) in [4.78, 5) is 24.5. The molecule has 3 rings (SSSR count). The molecule has 0 saturated carbocycles. The maximum Gasteiger partial charge on any atom is 0.255 e. The summed E-state index contributed by atoms with van der Waals surface area (Å²) >= 11 is 0. The second kappa shape index (κ2) is 6.78. The average molecular weight is 348 g/mol. The third-order valence-corrected chi connectivity index (χ3v) is 5.39. The molecule has 0 spiro atoms. The van der Waals surface area contributed by atoms with Gasteiger partial charge in [0.1, 0.15) is 0 Å². The molecule has 138 valence electrons. The summed E-state index contributed by atoms with van der Waals surface area (Å²) < 4.78 is 7.41. The van der Waals surface area contributed by atoms with E-state index in [9.17, 15) is 9.59 Å². The van der Waals surface area contributed by atoms with Crippen molar-refractivity contribution < 1.29 is 14.3 Å². The first-order chi connectivity index (χ1) is 11.8. The highest BCUT2D eigenvalue weighted by Crippen LogP contribution is 2.26. The predicted molar refractivity (Wildman–Crippen MR) is 93.5 cm³/mol. The second-order valence-electron chi connectivity index (χ2n) is 7.67. The fourth-order valence-corrected chi connectivity index (χ4v) is 3.91. The molecule has 1 aromatic rings. The highest BCUT2D eigenvalue weighted by Gasteiger charge is 2.37. The van der Waals surface area contributed by atoms with Crippen LogP contribution in [0.15, 0.2) is 0 Å². The van der Waals surface area contributed by atoms with Crippen LogP contribution < -0.4 is 10.6 Å². The Morgan fingerprint density at radius 2 is 1.96 bits per heavy atom. The predicted octanol–water partition coefficient (Wildman–Crippen LogP) is 1.64. The minimum atomic E-state index is -0.455. The lowest BCUT2D eigenvalue weighted by Gasteiger charge is -2.39. The van der Waals surface area contributed by atoms with Crippen molar-refractivity contribution in [3.63, 3.8) is 0 Å². The molecular weight excluding hydrogens is 320 g/mol. The van der Waals surface area contributed by atoms with Crippen LogP contribution in [0.2, 0.25) is 0 Å². The van der Waals surface area contributed by atoms with Gasteiger partial charge in [0.2, 0.25) is 5.91 Å². The number of hydrogen-bond donors (Lipinski definition) is 2. The number of piperidine rings is 1. The molecule has 1 atom stereocenters. The van der Waals surface area contributed by atoms with Gasteiger partial charge < -0.3 is 15.4 Å². The van der Waals surface area contributed by atoms with Crippen molar-refractivity contribution in [2.24, 2.45) is 0 Å². The topological polar surface area (TPSA) is 85.2 Å². The van der Waals surface area contributed by atoms with E-state index in [-0.39, 0.29) is 17.9 Å². The van der Waals surface area contributed by atoms with Crippen LogP contribution >= 0.6 is 0 Å². The van der Waals surface area contributed by atoms with Crippen molar-refractivity contribution in [3.05, 3.63) is 17.0 Å². The SMILES string of the molecule is Cc1nn(C2CCOCC2)c(C)c1C(=O)NC1CCC(=O)NC1(C)C. The Hall–Kier alpha value is -1.89. The zero-order valence-corrected chi connectivity index (χ0v) is 15.5. The molecule has 1 unspecified atom stereocenters. The first-order valence-electron chi connectivity index (χ1n) is 9.05. The molecule has 7 heteroatoms. The van der Waals surface area contributed by atoms with Crippen molar-refractivity contribution in [2.45, 2.75) is 71.0 Å². The molecule has 0 bridgehead atoms. The van der Waals surface area contributed by atoms with Crippen LogP contribution in [0.25, 0.3) is 0 Å². The van der Waals surface area contributed by atoms with Crippen LogP contribution in [0.4, 0.5) is 0 Å². The number of aryl methyl sites for hydroxylation is 1. The van der Waals surface area contributed by atoms with E-state index in [2.05, 4.69) is 15.7 Å². The van der Waals surface area contributed by atoms with E-state index in [1.165, 1.54) is 0 Å². The van der Waals surface area contributed by atoms with Gasteiger partial charge in [0.05, 0.1) is 28.9 Å². The number of rotatable bonds is 3. The number of ether oxygens (including phenoxy) is 1. The second-order valence-corrected chi connectivity index (χ2v) is 7.67. The van der Waals surface area contributed by atoms with Gasteiger partial charge >= 0.3 is 0 Å². The van der Waals surface area contributed by atoms with Gasteiger partial charge in [0, 0.05) is 25.3 Å². The molecule has 0 radical (unpaired) electrons. The summed E-state index contributed by atoms with van der Waals surface area (Å²) in [6, 6.07) is 0.197. The van der Waals surface area contributed by atoms with Crippen molar-refractivity contribution in [2.75, 3.05) is 13.2 Å². The number of hydrogen-bond acceptors (Lipinski definition) is 4. The van der Waals surface area contributed by atoms with E-state index in [1.54, 1.807) is 0 Å². The molecule has 3 heterocycles. The van der Waals surface area contributed by atoms with E-state index in [0.29, 0.717) is 24.4 Å². The Morgan fingerprint density at radius 3 is 2.60 bits per heavy atom. The van der Waals surface area contributed by atoms with Crippen LogP contribution in [-0.2, 0) is 9.53 Å². The van der Waals surface area contributed by atoms with Gasteiger partial charge in [-0.3, -0.25) is 14.3 Å². The van der Waals surface area contributed by atoms with E-state index in [0.717, 1.165) is 37.4 Å². The number of carbonyl (C=O) groups excluding carboxylic acids is 2. The van der Waals surface area contributed by atoms with Crippen LogP contribution in [-0.4, -0.2) is 46.4 Å². The molecule has 2 fully saturated rings. The molecule has 2 N–H and O–H groups in total. The Bertz CT molecular complexity index is 674. The minimum absolute atomic E-state index is 0.0372. The molecule has 0 aliphatic carbocycles. The van der Waals surface area contributed by atoms with Crippen molar-refractivity contribution >= 4 is 11.8 Å². The molecule has 2 aliphatic heterocycles. The smallest absolute Gasteiger partial charge is 0.255 e. The number of carbonyl (C=O) groups is 2. The zero-order valence-electron chi connectivity index (χ0n) is 15.5. The highest BCUT2D eigenvalue weighted by molar-refractivity contribution is 5.96. The van der Waals surface area contributed by atoms with Gasteiger partial charge in [-0.1, -0.05) is 0 Å². The molecule has 25 heavy (non-hydrogen) atoms. The van der Waals surface area contributed by atoms with Crippen LogP contribution in [0.5, 0.6) is 0 Å². The highest BCUT2D eigenvalue weighted by atomic mass is 16.5. The molecular formula is C18H28N4O3. The Labute approximate surface area is 148 Å². The van der Waals surface area contributed by atoms with Gasteiger partial charge in [0.15, 0.2) is 0 Å². The maximum absolute atomic E-state index is 12.9. The minimum Gasteiger partial charge on any atom is -0.381 e. The standard InChI is InChI=1S/C18H28N4O3/c1-11-16(12(2)22(21-11)13-7-9-25-10-8-13)17(24)19-14-5-6-15(23)20-18(14,3)4/h13-14H,5-10H2,1-4H3,(H,19,24)(H,20,23). The monoisotopic (exact) mass is 348 g/mol. The summed E-state index contributed by atoms with van der Waals surface area (Å²) in [6.07, 6.45) is 2.93. The number of nitrogens with one attached hydrogen (secondary N) is 2. The van der Waals surface area contributed by atoms with E-state index >= 15 is 0 Å². The molecule has 1 aromatic heterocycles. The van der Waals surface area contributed by atoms with Crippen LogP contribution in [0, 0.1) is 13.8 Å². The summed E-state index contributed by atoms with van der Waals surface area (Å²) in [7, 11) is 0. The normalized spacial score (nSPS) is 24.0.